The Kier molecular flexibility index (Phi) is 6.10. The average Bonchev–Trinajstić information content (AvgIpc) is 3.17. The summed E-state index contributed by atoms with van der Waals surface area (Å²) < 4.78 is 53.4. The lowest BCUT2D eigenvalue weighted by Gasteiger charge is -2.36. The van der Waals surface area contributed by atoms with Gasteiger partial charge in [-0.1, -0.05) is 30.3 Å². The summed E-state index contributed by atoms with van der Waals surface area (Å²) in [6, 6.07) is 16.4. The Labute approximate surface area is 217 Å². The molecule has 0 saturated carbocycles. The molecule has 0 aliphatic carbocycles. The Morgan fingerprint density at radius 3 is 2.42 bits per heavy atom. The van der Waals surface area contributed by atoms with Gasteiger partial charge in [-0.3, -0.25) is 9.69 Å². The van der Waals surface area contributed by atoms with Crippen molar-refractivity contribution in [3.05, 3.63) is 88.7 Å². The van der Waals surface area contributed by atoms with Crippen molar-refractivity contribution in [2.24, 2.45) is 0 Å². The molecule has 0 bridgehead atoms. The minimum absolute atomic E-state index is 0.262. The predicted octanol–water partition coefficient (Wildman–Crippen LogP) is 5.60. The highest BCUT2D eigenvalue weighted by Crippen LogP contribution is 2.35. The van der Waals surface area contributed by atoms with Crippen LogP contribution < -0.4 is 10.2 Å². The zero-order valence-corrected chi connectivity index (χ0v) is 20.5. The van der Waals surface area contributed by atoms with Crippen LogP contribution in [0.3, 0.4) is 0 Å². The van der Waals surface area contributed by atoms with Gasteiger partial charge >= 0.3 is 6.18 Å². The summed E-state index contributed by atoms with van der Waals surface area (Å²) in [5.41, 5.74) is 4.95. The number of aromatic amines is 1. The van der Waals surface area contributed by atoms with Crippen LogP contribution in [0, 0.1) is 5.82 Å². The fourth-order valence-electron chi connectivity index (χ4n) is 5.52. The molecule has 6 rings (SSSR count). The predicted molar refractivity (Wildman–Crippen MR) is 139 cm³/mol. The van der Waals surface area contributed by atoms with E-state index in [1.54, 1.807) is 6.07 Å². The number of amides is 1. The van der Waals surface area contributed by atoms with E-state index in [1.165, 1.54) is 24.3 Å². The molecule has 1 fully saturated rings. The van der Waals surface area contributed by atoms with Crippen molar-refractivity contribution < 1.29 is 22.4 Å². The third-order valence-electron chi connectivity index (χ3n) is 7.43. The van der Waals surface area contributed by atoms with Gasteiger partial charge in [-0.25, -0.2) is 4.39 Å². The summed E-state index contributed by atoms with van der Waals surface area (Å²) in [4.78, 5) is 20.1. The number of piperazine rings is 1. The van der Waals surface area contributed by atoms with Crippen molar-refractivity contribution in [2.45, 2.75) is 19.1 Å². The fourth-order valence-corrected chi connectivity index (χ4v) is 5.52. The molecule has 2 N–H and O–H groups in total. The van der Waals surface area contributed by atoms with Crippen molar-refractivity contribution in [1.29, 1.82) is 0 Å². The SMILES string of the molecule is O=C1NCCc2c(-c3ccc(CN4CCN(c5cccc(C(F)(F)F)c5)CC4)cc3)[nH]c3cc(F)cc1c23. The van der Waals surface area contributed by atoms with Crippen molar-refractivity contribution in [3.63, 3.8) is 0 Å². The Morgan fingerprint density at radius 1 is 0.921 bits per heavy atom. The molecule has 196 valence electrons. The van der Waals surface area contributed by atoms with Gasteiger partial charge < -0.3 is 15.2 Å². The van der Waals surface area contributed by atoms with Gasteiger partial charge in [0.1, 0.15) is 5.82 Å². The molecule has 9 heteroatoms. The maximum Gasteiger partial charge on any atom is 0.416 e. The summed E-state index contributed by atoms with van der Waals surface area (Å²) in [5, 5.41) is 3.62. The van der Waals surface area contributed by atoms with Crippen LogP contribution in [0.25, 0.3) is 22.2 Å². The number of rotatable bonds is 4. The van der Waals surface area contributed by atoms with Gasteiger partial charge in [-0.05, 0) is 53.4 Å². The first-order valence-electron chi connectivity index (χ1n) is 12.6. The number of benzene rings is 3. The molecule has 4 aromatic rings. The molecule has 0 spiro atoms. The number of alkyl halides is 3. The van der Waals surface area contributed by atoms with Crippen LogP contribution in [0.1, 0.15) is 27.0 Å². The highest BCUT2D eigenvalue weighted by atomic mass is 19.4. The molecule has 0 unspecified atom stereocenters. The summed E-state index contributed by atoms with van der Waals surface area (Å²) in [5.74, 6) is -0.713. The van der Waals surface area contributed by atoms with Crippen LogP contribution in [0.2, 0.25) is 0 Å². The second-order valence-electron chi connectivity index (χ2n) is 9.87. The molecule has 1 amide bonds. The van der Waals surface area contributed by atoms with E-state index in [1.807, 2.05) is 17.0 Å². The lowest BCUT2D eigenvalue weighted by Crippen LogP contribution is -2.46. The molecule has 38 heavy (non-hydrogen) atoms. The number of aromatic nitrogens is 1. The average molecular weight is 523 g/mol. The summed E-state index contributed by atoms with van der Waals surface area (Å²) >= 11 is 0. The molecule has 1 aromatic heterocycles. The Morgan fingerprint density at radius 2 is 1.68 bits per heavy atom. The lowest BCUT2D eigenvalue weighted by atomic mass is 9.99. The highest BCUT2D eigenvalue weighted by molar-refractivity contribution is 6.10. The summed E-state index contributed by atoms with van der Waals surface area (Å²) in [6.45, 7) is 4.04. The summed E-state index contributed by atoms with van der Waals surface area (Å²) in [7, 11) is 0. The Hall–Kier alpha value is -3.85. The molecule has 2 aliphatic rings. The van der Waals surface area contributed by atoms with Crippen molar-refractivity contribution in [1.82, 2.24) is 15.2 Å². The third kappa shape index (κ3) is 4.62. The van der Waals surface area contributed by atoms with Crippen LogP contribution in [0.15, 0.2) is 60.7 Å². The standard InChI is InChI=1S/C29H26F4N4O/c30-21-15-24-26-23(8-9-34-28(24)38)27(35-25(26)16-21)19-6-4-18(5-7-19)17-36-10-12-37(13-11-36)22-3-1-2-20(14-22)29(31,32)33/h1-7,14-16,35H,8-13,17H2,(H,34,38). The zero-order valence-electron chi connectivity index (χ0n) is 20.5. The van der Waals surface area contributed by atoms with E-state index in [0.717, 1.165) is 53.5 Å². The quantitative estimate of drug-likeness (QED) is 0.343. The fraction of sp³-hybridized carbons (Fsp3) is 0.276. The van der Waals surface area contributed by atoms with Gasteiger partial charge in [0.05, 0.1) is 11.1 Å². The second-order valence-corrected chi connectivity index (χ2v) is 9.87. The molecule has 0 atom stereocenters. The first-order chi connectivity index (χ1) is 18.3. The third-order valence-corrected chi connectivity index (χ3v) is 7.43. The van der Waals surface area contributed by atoms with Crippen molar-refractivity contribution >= 4 is 22.5 Å². The molecule has 3 aromatic carbocycles. The van der Waals surface area contributed by atoms with Gasteiger partial charge in [-0.15, -0.1) is 0 Å². The van der Waals surface area contributed by atoms with E-state index in [0.29, 0.717) is 42.8 Å². The highest BCUT2D eigenvalue weighted by Gasteiger charge is 2.31. The van der Waals surface area contributed by atoms with Gasteiger partial charge in [0.2, 0.25) is 0 Å². The topological polar surface area (TPSA) is 51.4 Å². The molecule has 0 radical (unpaired) electrons. The number of hydrogen-bond donors (Lipinski definition) is 2. The normalized spacial score (nSPS) is 16.5. The van der Waals surface area contributed by atoms with Gasteiger partial charge in [0.25, 0.3) is 5.91 Å². The number of anilines is 1. The van der Waals surface area contributed by atoms with Crippen LogP contribution in [-0.4, -0.2) is 48.5 Å². The minimum Gasteiger partial charge on any atom is -0.369 e. The smallest absolute Gasteiger partial charge is 0.369 e. The van der Waals surface area contributed by atoms with E-state index in [2.05, 4.69) is 27.3 Å². The monoisotopic (exact) mass is 522 g/mol. The zero-order chi connectivity index (χ0) is 26.4. The van der Waals surface area contributed by atoms with Gasteiger partial charge in [0.15, 0.2) is 0 Å². The van der Waals surface area contributed by atoms with Gasteiger partial charge in [-0.2, -0.15) is 13.2 Å². The molecule has 5 nitrogen and oxygen atoms in total. The maximum absolute atomic E-state index is 14.2. The number of H-pyrrole nitrogens is 1. The van der Waals surface area contributed by atoms with Crippen LogP contribution in [0.4, 0.5) is 23.2 Å². The summed E-state index contributed by atoms with van der Waals surface area (Å²) in [6.07, 6.45) is -3.70. The van der Waals surface area contributed by atoms with E-state index in [4.69, 9.17) is 0 Å². The first kappa shape index (κ1) is 24.5. The van der Waals surface area contributed by atoms with Crippen LogP contribution in [-0.2, 0) is 19.1 Å². The van der Waals surface area contributed by atoms with Gasteiger partial charge in [0, 0.05) is 61.6 Å². The lowest BCUT2D eigenvalue weighted by molar-refractivity contribution is -0.137. The second kappa shape index (κ2) is 9.47. The van der Waals surface area contributed by atoms with E-state index >= 15 is 0 Å². The number of nitrogens with zero attached hydrogens (tertiary/aromatic N) is 2. The van der Waals surface area contributed by atoms with Crippen LogP contribution >= 0.6 is 0 Å². The van der Waals surface area contributed by atoms with E-state index in [9.17, 15) is 22.4 Å². The maximum atomic E-state index is 14.2. The molecular weight excluding hydrogens is 496 g/mol. The number of carbonyl (C=O) groups is 1. The number of carbonyl (C=O) groups excluding carboxylic acids is 1. The van der Waals surface area contributed by atoms with E-state index in [-0.39, 0.29) is 5.91 Å². The van der Waals surface area contributed by atoms with Crippen LogP contribution in [0.5, 0.6) is 0 Å². The number of halogens is 4. The Balaban J connectivity index is 1.15. The largest absolute Gasteiger partial charge is 0.416 e. The minimum atomic E-state index is -4.35. The van der Waals surface area contributed by atoms with Crippen molar-refractivity contribution in [2.75, 3.05) is 37.6 Å². The first-order valence-corrected chi connectivity index (χ1v) is 12.6. The molecule has 1 saturated heterocycles. The molecular formula is C29H26F4N4O. The molecule has 2 aliphatic heterocycles. The number of hydrogen-bond acceptors (Lipinski definition) is 3. The van der Waals surface area contributed by atoms with E-state index < -0.39 is 17.6 Å². The number of nitrogens with one attached hydrogen (secondary N) is 2. The molecule has 3 heterocycles. The Bertz CT molecular complexity index is 1500. The van der Waals surface area contributed by atoms with Crippen molar-refractivity contribution in [3.8, 4) is 11.3 Å².